The number of benzene rings is 2. The molecular formula is C20H20N2O3. The van der Waals surface area contributed by atoms with Crippen LogP contribution in [0.1, 0.15) is 32.6 Å². The minimum absolute atomic E-state index is 0.175. The largest absolute Gasteiger partial charge is 0.480 e. The molecule has 0 saturated heterocycles. The molecule has 2 aromatic rings. The summed E-state index contributed by atoms with van der Waals surface area (Å²) in [5, 5.41) is 18.4. The Morgan fingerprint density at radius 2 is 1.68 bits per heavy atom. The zero-order chi connectivity index (χ0) is 18.6. The summed E-state index contributed by atoms with van der Waals surface area (Å²) in [6.45, 7) is 3.80. The smallest absolute Gasteiger partial charge is 0.326 e. The molecule has 128 valence electrons. The van der Waals surface area contributed by atoms with Gasteiger partial charge in [0.05, 0.1) is 11.6 Å². The van der Waals surface area contributed by atoms with Crippen LogP contribution < -0.4 is 0 Å². The Morgan fingerprint density at radius 1 is 1.12 bits per heavy atom. The van der Waals surface area contributed by atoms with Gasteiger partial charge in [-0.3, -0.25) is 4.79 Å². The third-order valence-corrected chi connectivity index (χ3v) is 4.05. The molecule has 5 nitrogen and oxygen atoms in total. The number of rotatable bonds is 5. The van der Waals surface area contributed by atoms with Gasteiger partial charge in [-0.05, 0) is 43.7 Å². The highest BCUT2D eigenvalue weighted by Gasteiger charge is 2.27. The lowest BCUT2D eigenvalue weighted by Crippen LogP contribution is -2.43. The van der Waals surface area contributed by atoms with E-state index in [1.54, 1.807) is 36.4 Å². The van der Waals surface area contributed by atoms with Crippen LogP contribution in [0.2, 0.25) is 0 Å². The van der Waals surface area contributed by atoms with Crippen LogP contribution in [0, 0.1) is 25.2 Å². The van der Waals surface area contributed by atoms with E-state index in [1.807, 2.05) is 26.0 Å². The van der Waals surface area contributed by atoms with Crippen molar-refractivity contribution >= 4 is 11.9 Å². The molecule has 1 amide bonds. The van der Waals surface area contributed by atoms with Crippen molar-refractivity contribution in [1.82, 2.24) is 4.90 Å². The van der Waals surface area contributed by atoms with Gasteiger partial charge in [-0.1, -0.05) is 29.3 Å². The van der Waals surface area contributed by atoms with Crippen LogP contribution in [-0.2, 0) is 11.2 Å². The topological polar surface area (TPSA) is 81.4 Å². The first-order valence-corrected chi connectivity index (χ1v) is 7.89. The van der Waals surface area contributed by atoms with E-state index in [2.05, 4.69) is 0 Å². The summed E-state index contributed by atoms with van der Waals surface area (Å²) < 4.78 is 0. The molecule has 2 rings (SSSR count). The van der Waals surface area contributed by atoms with Crippen LogP contribution in [0.5, 0.6) is 0 Å². The van der Waals surface area contributed by atoms with Crippen molar-refractivity contribution in [3.63, 3.8) is 0 Å². The highest BCUT2D eigenvalue weighted by atomic mass is 16.4. The summed E-state index contributed by atoms with van der Waals surface area (Å²) >= 11 is 0. The maximum Gasteiger partial charge on any atom is 0.326 e. The minimum atomic E-state index is -1.07. The van der Waals surface area contributed by atoms with Crippen molar-refractivity contribution in [2.45, 2.75) is 26.3 Å². The van der Waals surface area contributed by atoms with Crippen molar-refractivity contribution in [3.05, 3.63) is 70.3 Å². The summed E-state index contributed by atoms with van der Waals surface area (Å²) in [5.41, 5.74) is 3.65. The molecule has 5 heteroatoms. The summed E-state index contributed by atoms with van der Waals surface area (Å²) in [7, 11) is 1.50. The molecule has 1 atom stereocenters. The fraction of sp³-hybridized carbons (Fsp3) is 0.250. The van der Waals surface area contributed by atoms with Gasteiger partial charge in [-0.15, -0.1) is 0 Å². The van der Waals surface area contributed by atoms with Crippen molar-refractivity contribution in [1.29, 1.82) is 5.26 Å². The molecule has 0 bridgehead atoms. The predicted molar refractivity (Wildman–Crippen MR) is 94.3 cm³/mol. The average molecular weight is 336 g/mol. The molecule has 0 radical (unpaired) electrons. The fourth-order valence-electron chi connectivity index (χ4n) is 2.77. The SMILES string of the molecule is Cc1cc(C)cc(C(=O)N(C)[C@@H](Cc2ccc(C#N)cc2)C(=O)O)c1. The number of carboxylic acid groups (broad SMARTS) is 1. The molecule has 0 aliphatic rings. The molecule has 0 aliphatic carbocycles. The number of carbonyl (C=O) groups is 2. The molecule has 0 unspecified atom stereocenters. The van der Waals surface area contributed by atoms with Crippen molar-refractivity contribution in [3.8, 4) is 6.07 Å². The normalized spacial score (nSPS) is 11.4. The van der Waals surface area contributed by atoms with Crippen LogP contribution in [0.4, 0.5) is 0 Å². The molecular weight excluding hydrogens is 316 g/mol. The lowest BCUT2D eigenvalue weighted by molar-refractivity contribution is -0.141. The maximum atomic E-state index is 12.7. The molecule has 0 heterocycles. The van der Waals surface area contributed by atoms with E-state index in [9.17, 15) is 14.7 Å². The standard InChI is InChI=1S/C20H20N2O3/c1-13-8-14(2)10-17(9-13)19(23)22(3)18(20(24)25)11-15-4-6-16(12-21)7-5-15/h4-10,18H,11H2,1-3H3,(H,24,25)/t18-/m0/s1. The van der Waals surface area contributed by atoms with Crippen LogP contribution >= 0.6 is 0 Å². The highest BCUT2D eigenvalue weighted by molar-refractivity contribution is 5.96. The van der Waals surface area contributed by atoms with Crippen molar-refractivity contribution in [2.24, 2.45) is 0 Å². The Bertz CT molecular complexity index is 815. The summed E-state index contributed by atoms with van der Waals surface area (Å²) in [6.07, 6.45) is 0.175. The van der Waals surface area contributed by atoms with Crippen molar-refractivity contribution in [2.75, 3.05) is 7.05 Å². The number of carbonyl (C=O) groups excluding carboxylic acids is 1. The number of nitrogens with zero attached hydrogens (tertiary/aromatic N) is 2. The number of hydrogen-bond donors (Lipinski definition) is 1. The highest BCUT2D eigenvalue weighted by Crippen LogP contribution is 2.15. The van der Waals surface area contributed by atoms with E-state index in [0.717, 1.165) is 16.7 Å². The summed E-state index contributed by atoms with van der Waals surface area (Å²) in [6, 6.07) is 13.2. The summed E-state index contributed by atoms with van der Waals surface area (Å²) in [5.74, 6) is -1.39. The van der Waals surface area contributed by atoms with E-state index in [1.165, 1.54) is 11.9 Å². The zero-order valence-electron chi connectivity index (χ0n) is 14.5. The maximum absolute atomic E-state index is 12.7. The molecule has 0 aliphatic heterocycles. The second-order valence-corrected chi connectivity index (χ2v) is 6.16. The molecule has 0 saturated carbocycles. The fourth-order valence-corrected chi connectivity index (χ4v) is 2.77. The van der Waals surface area contributed by atoms with E-state index in [-0.39, 0.29) is 12.3 Å². The third-order valence-electron chi connectivity index (χ3n) is 4.05. The second kappa shape index (κ2) is 7.63. The lowest BCUT2D eigenvalue weighted by Gasteiger charge is -2.25. The van der Waals surface area contributed by atoms with Gasteiger partial charge in [-0.25, -0.2) is 4.79 Å². The Labute approximate surface area is 147 Å². The summed E-state index contributed by atoms with van der Waals surface area (Å²) in [4.78, 5) is 25.7. The quantitative estimate of drug-likeness (QED) is 0.910. The number of amides is 1. The minimum Gasteiger partial charge on any atom is -0.480 e. The van der Waals surface area contributed by atoms with Gasteiger partial charge >= 0.3 is 5.97 Å². The second-order valence-electron chi connectivity index (χ2n) is 6.16. The Morgan fingerprint density at radius 3 is 2.16 bits per heavy atom. The van der Waals surface area contributed by atoms with Gasteiger partial charge in [-0.2, -0.15) is 5.26 Å². The number of aryl methyl sites for hydroxylation is 2. The third kappa shape index (κ3) is 4.45. The van der Waals surface area contributed by atoms with Crippen LogP contribution in [0.15, 0.2) is 42.5 Å². The van der Waals surface area contributed by atoms with Gasteiger partial charge in [0.25, 0.3) is 5.91 Å². The monoisotopic (exact) mass is 336 g/mol. The zero-order valence-corrected chi connectivity index (χ0v) is 14.5. The van der Waals surface area contributed by atoms with Gasteiger partial charge < -0.3 is 10.0 Å². The van der Waals surface area contributed by atoms with Crippen LogP contribution in [0.25, 0.3) is 0 Å². The number of nitriles is 1. The van der Waals surface area contributed by atoms with Crippen LogP contribution in [-0.4, -0.2) is 35.0 Å². The molecule has 1 N–H and O–H groups in total. The lowest BCUT2D eigenvalue weighted by atomic mass is 10.0. The van der Waals surface area contributed by atoms with E-state index in [0.29, 0.717) is 11.1 Å². The molecule has 0 spiro atoms. The first-order chi connectivity index (χ1) is 11.8. The molecule has 0 aromatic heterocycles. The number of likely N-dealkylation sites (N-methyl/N-ethyl adjacent to an activating group) is 1. The number of carboxylic acids is 1. The van der Waals surface area contributed by atoms with Gasteiger partial charge in [0.2, 0.25) is 0 Å². The van der Waals surface area contributed by atoms with Crippen LogP contribution in [0.3, 0.4) is 0 Å². The Hall–Kier alpha value is -3.13. The predicted octanol–water partition coefficient (Wildman–Crippen LogP) is 2.94. The Kier molecular flexibility index (Phi) is 5.56. The first-order valence-electron chi connectivity index (χ1n) is 7.89. The Balaban J connectivity index is 2.24. The van der Waals surface area contributed by atoms with Crippen molar-refractivity contribution < 1.29 is 14.7 Å². The molecule has 25 heavy (non-hydrogen) atoms. The molecule has 0 fully saturated rings. The van der Waals surface area contributed by atoms with Gasteiger partial charge in [0, 0.05) is 19.0 Å². The van der Waals surface area contributed by atoms with E-state index in [4.69, 9.17) is 5.26 Å². The van der Waals surface area contributed by atoms with E-state index < -0.39 is 12.0 Å². The van der Waals surface area contributed by atoms with Gasteiger partial charge in [0.1, 0.15) is 6.04 Å². The molecule has 2 aromatic carbocycles. The number of aliphatic carboxylic acids is 1. The van der Waals surface area contributed by atoms with Gasteiger partial charge in [0.15, 0.2) is 0 Å². The number of hydrogen-bond acceptors (Lipinski definition) is 3. The first kappa shape index (κ1) is 18.2. The van der Waals surface area contributed by atoms with E-state index >= 15 is 0 Å². The average Bonchev–Trinajstić information content (AvgIpc) is 2.57.